The Morgan fingerprint density at radius 1 is 0.917 bits per heavy atom. The Bertz CT molecular complexity index is 1200. The van der Waals surface area contributed by atoms with Crippen LogP contribution < -0.4 is 9.47 Å². The van der Waals surface area contributed by atoms with Crippen LogP contribution in [0.5, 0.6) is 17.2 Å². The van der Waals surface area contributed by atoms with Gasteiger partial charge in [-0.2, -0.15) is 0 Å². The molecule has 0 aromatic heterocycles. The fourth-order valence-corrected chi connectivity index (χ4v) is 5.40. The number of methoxy groups -OCH3 is 1. The molecule has 3 aromatic rings. The van der Waals surface area contributed by atoms with Gasteiger partial charge in [-0.3, -0.25) is 4.79 Å². The first-order chi connectivity index (χ1) is 17.0. The van der Waals surface area contributed by atoms with E-state index < -0.39 is 5.97 Å². The number of aliphatic carboxylic acids is 1. The van der Waals surface area contributed by atoms with Crippen LogP contribution in [-0.2, 0) is 16.0 Å². The molecule has 192 valence electrons. The van der Waals surface area contributed by atoms with Gasteiger partial charge in [0.1, 0.15) is 17.6 Å². The number of carboxylic acids is 1. The van der Waals surface area contributed by atoms with Crippen molar-refractivity contribution in [1.82, 2.24) is 0 Å². The average molecular weight is 620 g/mol. The fraction of sp³-hybridized carbons (Fsp3) is 0.345. The normalized spacial score (nSPS) is 12.2. The minimum absolute atomic E-state index is 0.0336. The van der Waals surface area contributed by atoms with Gasteiger partial charge < -0.3 is 19.3 Å². The average Bonchev–Trinajstić information content (AvgIpc) is 2.79. The lowest BCUT2D eigenvalue weighted by Gasteiger charge is -2.26. The number of rotatable bonds is 10. The zero-order valence-corrected chi connectivity index (χ0v) is 24.6. The summed E-state index contributed by atoms with van der Waals surface area (Å²) in [7, 11) is 1.67. The monoisotopic (exact) mass is 618 g/mol. The van der Waals surface area contributed by atoms with Crippen molar-refractivity contribution in [2.45, 2.75) is 59.2 Å². The molecule has 0 aliphatic rings. The molecule has 36 heavy (non-hydrogen) atoms. The highest BCUT2D eigenvalue weighted by Crippen LogP contribution is 2.45. The third-order valence-electron chi connectivity index (χ3n) is 5.68. The Labute approximate surface area is 230 Å². The Balaban J connectivity index is 2.20. The van der Waals surface area contributed by atoms with E-state index in [2.05, 4.69) is 76.9 Å². The maximum atomic E-state index is 11.2. The van der Waals surface area contributed by atoms with Gasteiger partial charge in [0.2, 0.25) is 0 Å². The van der Waals surface area contributed by atoms with Crippen LogP contribution in [0.25, 0.3) is 0 Å². The standard InChI is InChI=1S/C29H32Br2O5/c1-16(2)21-14-26(36-29-23(30)11-19(12-24(29)31)13-27(32)33)22(15-25(21)34-6)28(35-17(3)4)20-9-7-18(5)8-10-20/h7-12,14-17,28H,13H2,1-6H3,(H,32,33). The predicted molar refractivity (Wildman–Crippen MR) is 150 cm³/mol. The number of benzene rings is 3. The Morgan fingerprint density at radius 2 is 1.50 bits per heavy atom. The van der Waals surface area contributed by atoms with E-state index in [1.165, 1.54) is 5.56 Å². The van der Waals surface area contributed by atoms with Crippen LogP contribution in [0.1, 0.15) is 67.5 Å². The van der Waals surface area contributed by atoms with Crippen LogP contribution in [-0.4, -0.2) is 24.3 Å². The van der Waals surface area contributed by atoms with Gasteiger partial charge in [-0.05, 0) is 93.9 Å². The molecule has 0 fully saturated rings. The van der Waals surface area contributed by atoms with Crippen LogP contribution in [0, 0.1) is 6.92 Å². The summed E-state index contributed by atoms with van der Waals surface area (Å²) in [4.78, 5) is 11.2. The van der Waals surface area contributed by atoms with Crippen molar-refractivity contribution >= 4 is 37.8 Å². The van der Waals surface area contributed by atoms with E-state index >= 15 is 0 Å². The molecule has 0 saturated heterocycles. The van der Waals surface area contributed by atoms with Crippen molar-refractivity contribution in [3.05, 3.63) is 85.3 Å². The highest BCUT2D eigenvalue weighted by atomic mass is 79.9. The summed E-state index contributed by atoms with van der Waals surface area (Å²) in [6.45, 7) is 10.3. The van der Waals surface area contributed by atoms with Crippen molar-refractivity contribution in [3.8, 4) is 17.2 Å². The van der Waals surface area contributed by atoms with E-state index in [9.17, 15) is 9.90 Å². The molecule has 1 atom stereocenters. The second-order valence-corrected chi connectivity index (χ2v) is 11.0. The van der Waals surface area contributed by atoms with Crippen molar-refractivity contribution in [3.63, 3.8) is 0 Å². The predicted octanol–water partition coefficient (Wildman–Crippen LogP) is 8.59. The SMILES string of the molecule is COc1cc(C(OC(C)C)c2ccc(C)cc2)c(Oc2c(Br)cc(CC(=O)O)cc2Br)cc1C(C)C. The van der Waals surface area contributed by atoms with Gasteiger partial charge in [0.25, 0.3) is 0 Å². The van der Waals surface area contributed by atoms with Gasteiger partial charge in [0, 0.05) is 11.1 Å². The number of halogens is 2. The van der Waals surface area contributed by atoms with Crippen LogP contribution in [0.2, 0.25) is 0 Å². The number of carbonyl (C=O) groups is 1. The van der Waals surface area contributed by atoms with E-state index in [-0.39, 0.29) is 24.5 Å². The number of carboxylic acid groups (broad SMARTS) is 1. The van der Waals surface area contributed by atoms with Crippen molar-refractivity contribution in [2.24, 2.45) is 0 Å². The first-order valence-electron chi connectivity index (χ1n) is 11.8. The lowest BCUT2D eigenvalue weighted by molar-refractivity contribution is -0.136. The molecule has 0 heterocycles. The van der Waals surface area contributed by atoms with E-state index in [1.807, 2.05) is 26.0 Å². The fourth-order valence-electron chi connectivity index (χ4n) is 3.95. The molecular formula is C29H32Br2O5. The third-order valence-corrected chi connectivity index (χ3v) is 6.86. The Hall–Kier alpha value is -2.35. The topological polar surface area (TPSA) is 65.0 Å². The van der Waals surface area contributed by atoms with Gasteiger partial charge in [0.15, 0.2) is 5.75 Å². The summed E-state index contributed by atoms with van der Waals surface area (Å²) in [6.07, 6.45) is -0.506. The van der Waals surface area contributed by atoms with Crippen molar-refractivity contribution < 1.29 is 24.1 Å². The van der Waals surface area contributed by atoms with Gasteiger partial charge in [-0.25, -0.2) is 0 Å². The van der Waals surface area contributed by atoms with Crippen LogP contribution in [0.3, 0.4) is 0 Å². The first kappa shape index (κ1) is 28.2. The molecule has 1 N–H and O–H groups in total. The molecule has 0 saturated carbocycles. The van der Waals surface area contributed by atoms with E-state index in [1.54, 1.807) is 19.2 Å². The molecule has 0 bridgehead atoms. The lowest BCUT2D eigenvalue weighted by Crippen LogP contribution is -2.14. The van der Waals surface area contributed by atoms with Crippen LogP contribution in [0.4, 0.5) is 0 Å². The largest absolute Gasteiger partial charge is 0.496 e. The molecule has 3 aromatic carbocycles. The molecule has 7 heteroatoms. The molecule has 0 amide bonds. The molecule has 0 spiro atoms. The maximum Gasteiger partial charge on any atom is 0.307 e. The quantitative estimate of drug-likeness (QED) is 0.246. The molecule has 0 aliphatic heterocycles. The minimum Gasteiger partial charge on any atom is -0.496 e. The van der Waals surface area contributed by atoms with Gasteiger partial charge in [-0.1, -0.05) is 43.7 Å². The summed E-state index contributed by atoms with van der Waals surface area (Å²) >= 11 is 7.14. The smallest absolute Gasteiger partial charge is 0.307 e. The van der Waals surface area contributed by atoms with Gasteiger partial charge in [-0.15, -0.1) is 0 Å². The number of hydrogen-bond donors (Lipinski definition) is 1. The first-order valence-corrected chi connectivity index (χ1v) is 13.4. The minimum atomic E-state index is -0.895. The van der Waals surface area contributed by atoms with Gasteiger partial charge in [0.05, 0.1) is 28.6 Å². The summed E-state index contributed by atoms with van der Waals surface area (Å²) in [5.74, 6) is 1.26. The molecule has 1 unspecified atom stereocenters. The molecule has 5 nitrogen and oxygen atoms in total. The van der Waals surface area contributed by atoms with Crippen LogP contribution >= 0.6 is 31.9 Å². The summed E-state index contributed by atoms with van der Waals surface area (Å²) < 4.78 is 20.1. The second kappa shape index (κ2) is 12.3. The zero-order valence-electron chi connectivity index (χ0n) is 21.4. The van der Waals surface area contributed by atoms with E-state index in [4.69, 9.17) is 14.2 Å². The zero-order chi connectivity index (χ0) is 26.6. The Kier molecular flexibility index (Phi) is 9.61. The van der Waals surface area contributed by atoms with Crippen molar-refractivity contribution in [2.75, 3.05) is 7.11 Å². The Morgan fingerprint density at radius 3 is 2.00 bits per heavy atom. The summed E-state index contributed by atoms with van der Waals surface area (Å²) in [5.41, 5.74) is 4.68. The molecule has 3 rings (SSSR count). The van der Waals surface area contributed by atoms with E-state index in [0.29, 0.717) is 26.0 Å². The number of ether oxygens (including phenoxy) is 3. The summed E-state index contributed by atoms with van der Waals surface area (Å²) in [5, 5.41) is 9.19. The third kappa shape index (κ3) is 6.90. The number of aryl methyl sites for hydroxylation is 1. The second-order valence-electron chi connectivity index (χ2n) is 9.32. The lowest BCUT2D eigenvalue weighted by atomic mass is 9.94. The highest BCUT2D eigenvalue weighted by molar-refractivity contribution is 9.11. The maximum absolute atomic E-state index is 11.2. The molecule has 0 aliphatic carbocycles. The van der Waals surface area contributed by atoms with Crippen LogP contribution in [0.15, 0.2) is 57.5 Å². The summed E-state index contributed by atoms with van der Waals surface area (Å²) in [6, 6.07) is 15.8. The van der Waals surface area contributed by atoms with Crippen molar-refractivity contribution in [1.29, 1.82) is 0 Å². The van der Waals surface area contributed by atoms with Gasteiger partial charge >= 0.3 is 5.97 Å². The van der Waals surface area contributed by atoms with E-state index in [0.717, 1.165) is 22.4 Å². The number of hydrogen-bond acceptors (Lipinski definition) is 4. The molecular weight excluding hydrogens is 588 g/mol. The molecule has 0 radical (unpaired) electrons. The highest BCUT2D eigenvalue weighted by Gasteiger charge is 2.25.